The molecule has 0 radical (unpaired) electrons. The Hall–Kier alpha value is -0.0200. The van der Waals surface area contributed by atoms with E-state index in [1.54, 1.807) is 0 Å². The summed E-state index contributed by atoms with van der Waals surface area (Å²) in [6.45, 7) is 7.11. The van der Waals surface area contributed by atoms with Crippen LogP contribution in [0.5, 0.6) is 0 Å². The normalized spacial score (nSPS) is 19.0. The van der Waals surface area contributed by atoms with E-state index in [2.05, 4.69) is 68.8 Å². The highest BCUT2D eigenvalue weighted by atomic mass is 79.9. The second kappa shape index (κ2) is 5.96. The van der Waals surface area contributed by atoms with E-state index < -0.39 is 0 Å². The van der Waals surface area contributed by atoms with Crippen molar-refractivity contribution in [2.24, 2.45) is 5.41 Å². The van der Waals surface area contributed by atoms with Gasteiger partial charge in [0.1, 0.15) is 0 Å². The van der Waals surface area contributed by atoms with Crippen LogP contribution >= 0.6 is 31.9 Å². The molecule has 0 bridgehead atoms. The molecule has 0 N–H and O–H groups in total. The van der Waals surface area contributed by atoms with E-state index in [1.165, 1.54) is 48.1 Å². The molecule has 1 fully saturated rings. The minimum atomic E-state index is 0.559. The first-order valence-electron chi connectivity index (χ1n) is 6.67. The van der Waals surface area contributed by atoms with E-state index in [0.29, 0.717) is 5.41 Å². The van der Waals surface area contributed by atoms with E-state index in [9.17, 15) is 0 Å². The molecule has 1 heterocycles. The molecule has 100 valence electrons. The van der Waals surface area contributed by atoms with Crippen molar-refractivity contribution in [3.63, 3.8) is 0 Å². The van der Waals surface area contributed by atoms with Gasteiger partial charge in [0, 0.05) is 28.6 Å². The Morgan fingerprint density at radius 2 is 1.94 bits per heavy atom. The van der Waals surface area contributed by atoms with E-state index in [0.717, 1.165) is 5.33 Å². The van der Waals surface area contributed by atoms with Crippen molar-refractivity contribution in [3.8, 4) is 0 Å². The smallest absolute Gasteiger partial charge is 0.0377 e. The van der Waals surface area contributed by atoms with Crippen molar-refractivity contribution in [3.05, 3.63) is 28.2 Å². The van der Waals surface area contributed by atoms with Gasteiger partial charge in [-0.25, -0.2) is 0 Å². The number of halogens is 2. The van der Waals surface area contributed by atoms with Gasteiger partial charge in [-0.1, -0.05) is 58.2 Å². The number of benzene rings is 1. The highest BCUT2D eigenvalue weighted by Gasteiger charge is 2.28. The van der Waals surface area contributed by atoms with Gasteiger partial charge in [0.25, 0.3) is 0 Å². The Kier molecular flexibility index (Phi) is 4.76. The monoisotopic (exact) mass is 373 g/mol. The number of piperidine rings is 1. The van der Waals surface area contributed by atoms with E-state index >= 15 is 0 Å². The average Bonchev–Trinajstić information content (AvgIpc) is 2.39. The molecule has 3 heteroatoms. The fraction of sp³-hybridized carbons (Fsp3) is 0.600. The molecule has 1 saturated heterocycles. The zero-order chi connectivity index (χ0) is 13.2. The minimum absolute atomic E-state index is 0.559. The molecule has 0 unspecified atom stereocenters. The first-order chi connectivity index (χ1) is 8.58. The zero-order valence-electron chi connectivity index (χ0n) is 11.2. The Morgan fingerprint density at radius 3 is 2.44 bits per heavy atom. The third-order valence-electron chi connectivity index (χ3n) is 4.37. The van der Waals surface area contributed by atoms with Crippen LogP contribution in [0.25, 0.3) is 0 Å². The predicted octanol–water partition coefficient (Wildman–Crippen LogP) is 5.36. The van der Waals surface area contributed by atoms with Gasteiger partial charge >= 0.3 is 0 Å². The van der Waals surface area contributed by atoms with Gasteiger partial charge in [0.05, 0.1) is 0 Å². The molecule has 1 nitrogen and oxygen atoms in total. The summed E-state index contributed by atoms with van der Waals surface area (Å²) in [5, 5.41) is 0.905. The van der Waals surface area contributed by atoms with E-state index in [4.69, 9.17) is 0 Å². The SMILES string of the molecule is CCC1(C)CCN(c2ccc(CBr)c(Br)c2)CC1. The highest BCUT2D eigenvalue weighted by Crippen LogP contribution is 2.36. The molecule has 1 aliphatic rings. The molecule has 1 aromatic rings. The fourth-order valence-corrected chi connectivity index (χ4v) is 3.87. The van der Waals surface area contributed by atoms with Gasteiger partial charge in [-0.15, -0.1) is 0 Å². The first kappa shape index (κ1) is 14.4. The summed E-state index contributed by atoms with van der Waals surface area (Å²) in [4.78, 5) is 2.51. The Morgan fingerprint density at radius 1 is 1.28 bits per heavy atom. The van der Waals surface area contributed by atoms with Gasteiger partial charge in [-0.3, -0.25) is 0 Å². The lowest BCUT2D eigenvalue weighted by Gasteiger charge is -2.40. The zero-order valence-corrected chi connectivity index (χ0v) is 14.3. The Labute approximate surface area is 127 Å². The molecule has 0 saturated carbocycles. The molecule has 0 spiro atoms. The maximum absolute atomic E-state index is 3.65. The van der Waals surface area contributed by atoms with Crippen LogP contribution in [0.15, 0.2) is 22.7 Å². The lowest BCUT2D eigenvalue weighted by molar-refractivity contribution is 0.238. The quantitative estimate of drug-likeness (QED) is 0.643. The molecule has 1 aromatic carbocycles. The maximum Gasteiger partial charge on any atom is 0.0377 e. The number of anilines is 1. The van der Waals surface area contributed by atoms with E-state index in [1.807, 2.05) is 0 Å². The molecule has 18 heavy (non-hydrogen) atoms. The lowest BCUT2D eigenvalue weighted by Crippen LogP contribution is -2.38. The van der Waals surface area contributed by atoms with Crippen LogP contribution in [0.2, 0.25) is 0 Å². The van der Waals surface area contributed by atoms with Crippen LogP contribution in [0, 0.1) is 5.41 Å². The fourth-order valence-electron chi connectivity index (χ4n) is 2.50. The van der Waals surface area contributed by atoms with Crippen molar-refractivity contribution in [2.45, 2.75) is 38.4 Å². The number of nitrogens with zero attached hydrogens (tertiary/aromatic N) is 1. The standard InChI is InChI=1S/C15H21Br2N/c1-3-15(2)6-8-18(9-7-15)13-5-4-12(11-16)14(17)10-13/h4-5,10H,3,6-9,11H2,1-2H3. The van der Waals surface area contributed by atoms with Crippen molar-refractivity contribution in [2.75, 3.05) is 18.0 Å². The van der Waals surface area contributed by atoms with Crippen molar-refractivity contribution in [1.29, 1.82) is 0 Å². The van der Waals surface area contributed by atoms with Crippen LogP contribution in [0.1, 0.15) is 38.7 Å². The topological polar surface area (TPSA) is 3.24 Å². The van der Waals surface area contributed by atoms with Gasteiger partial charge in [-0.2, -0.15) is 0 Å². The van der Waals surface area contributed by atoms with Crippen LogP contribution in [-0.4, -0.2) is 13.1 Å². The summed E-state index contributed by atoms with van der Waals surface area (Å²) >= 11 is 7.16. The molecule has 2 rings (SSSR count). The number of rotatable bonds is 3. The second-order valence-electron chi connectivity index (χ2n) is 5.56. The van der Waals surface area contributed by atoms with Gasteiger partial charge in [-0.05, 0) is 36.0 Å². The number of alkyl halides is 1. The summed E-state index contributed by atoms with van der Waals surface area (Å²) in [6, 6.07) is 6.71. The van der Waals surface area contributed by atoms with Gasteiger partial charge in [0.15, 0.2) is 0 Å². The summed E-state index contributed by atoms with van der Waals surface area (Å²) in [7, 11) is 0. The Balaban J connectivity index is 2.08. The first-order valence-corrected chi connectivity index (χ1v) is 8.59. The molecule has 0 amide bonds. The Bertz CT molecular complexity index is 409. The number of hydrogen-bond donors (Lipinski definition) is 0. The molecule has 0 atom stereocenters. The van der Waals surface area contributed by atoms with Crippen LogP contribution < -0.4 is 4.90 Å². The summed E-state index contributed by atoms with van der Waals surface area (Å²) < 4.78 is 1.21. The lowest BCUT2D eigenvalue weighted by atomic mass is 9.78. The predicted molar refractivity (Wildman–Crippen MR) is 86.6 cm³/mol. The largest absolute Gasteiger partial charge is 0.371 e. The van der Waals surface area contributed by atoms with Gasteiger partial charge in [0.2, 0.25) is 0 Å². The molecular weight excluding hydrogens is 354 g/mol. The van der Waals surface area contributed by atoms with Crippen molar-refractivity contribution < 1.29 is 0 Å². The van der Waals surface area contributed by atoms with Gasteiger partial charge < -0.3 is 4.90 Å². The van der Waals surface area contributed by atoms with Crippen molar-refractivity contribution in [1.82, 2.24) is 0 Å². The van der Waals surface area contributed by atoms with Crippen LogP contribution in [-0.2, 0) is 5.33 Å². The third kappa shape index (κ3) is 3.11. The average molecular weight is 375 g/mol. The van der Waals surface area contributed by atoms with E-state index in [-0.39, 0.29) is 0 Å². The summed E-state index contributed by atoms with van der Waals surface area (Å²) in [6.07, 6.45) is 3.91. The molecule has 1 aliphatic heterocycles. The molecular formula is C15H21Br2N. The third-order valence-corrected chi connectivity index (χ3v) is 5.71. The maximum atomic E-state index is 3.65. The minimum Gasteiger partial charge on any atom is -0.371 e. The van der Waals surface area contributed by atoms with Crippen molar-refractivity contribution >= 4 is 37.5 Å². The van der Waals surface area contributed by atoms with Crippen LogP contribution in [0.3, 0.4) is 0 Å². The molecule has 0 aromatic heterocycles. The van der Waals surface area contributed by atoms with Crippen LogP contribution in [0.4, 0.5) is 5.69 Å². The molecule has 0 aliphatic carbocycles. The summed E-state index contributed by atoms with van der Waals surface area (Å²) in [5.74, 6) is 0. The second-order valence-corrected chi connectivity index (χ2v) is 6.98. The number of hydrogen-bond acceptors (Lipinski definition) is 1. The summed E-state index contributed by atoms with van der Waals surface area (Å²) in [5.41, 5.74) is 3.22. The highest BCUT2D eigenvalue weighted by molar-refractivity contribution is 9.10.